The monoisotopic (exact) mass is 282 g/mol. The molecule has 1 aromatic rings. The number of aromatic hydroxyl groups is 2. The first-order valence-electron chi connectivity index (χ1n) is 7.24. The second-order valence-corrected chi connectivity index (χ2v) is 6.41. The number of nitrogens with one attached hydrogen (secondary N) is 1. The van der Waals surface area contributed by atoms with Gasteiger partial charge in [0.1, 0.15) is 11.5 Å². The molecule has 19 heavy (non-hydrogen) atoms. The number of hydrogen-bond donors (Lipinski definition) is 3. The number of unbranched alkanes of at least 4 members (excludes halogenated alkanes) is 1. The average molecular weight is 282 g/mol. The second kappa shape index (κ2) is 7.65. The van der Waals surface area contributed by atoms with Gasteiger partial charge in [-0.25, -0.2) is 0 Å². The van der Waals surface area contributed by atoms with Crippen molar-refractivity contribution in [2.24, 2.45) is 0 Å². The Hall–Kier alpha value is -0.870. The minimum atomic E-state index is 0.220. The van der Waals surface area contributed by atoms with Crippen LogP contribution in [0.25, 0.3) is 0 Å². The van der Waals surface area contributed by atoms with Crippen LogP contribution in [0.2, 0.25) is 0 Å². The Morgan fingerprint density at radius 3 is 2.63 bits per heavy atom. The molecule has 0 unspecified atom stereocenters. The third kappa shape index (κ3) is 4.96. The molecule has 106 valence electrons. The van der Waals surface area contributed by atoms with Crippen molar-refractivity contribution in [2.45, 2.75) is 37.0 Å². The van der Waals surface area contributed by atoms with Gasteiger partial charge in [0, 0.05) is 0 Å². The van der Waals surface area contributed by atoms with E-state index < -0.39 is 0 Å². The molecule has 1 heterocycles. The Kier molecular flexibility index (Phi) is 5.86. The summed E-state index contributed by atoms with van der Waals surface area (Å²) >= 11 is 1.63. The molecule has 1 saturated heterocycles. The third-order valence-corrected chi connectivity index (χ3v) is 4.82. The fourth-order valence-corrected chi connectivity index (χ4v) is 3.57. The highest BCUT2D eigenvalue weighted by atomic mass is 32.2. The SMILES string of the molecule is Oc1ccc(O)c(SCCCC[NH+]2CCCCC2)c1. The second-order valence-electron chi connectivity index (χ2n) is 5.27. The largest absolute Gasteiger partial charge is 0.508 e. The first-order chi connectivity index (χ1) is 9.25. The van der Waals surface area contributed by atoms with Crippen LogP contribution in [0.15, 0.2) is 23.1 Å². The van der Waals surface area contributed by atoms with Gasteiger partial charge in [0.15, 0.2) is 0 Å². The van der Waals surface area contributed by atoms with E-state index in [4.69, 9.17) is 0 Å². The molecule has 0 atom stereocenters. The maximum atomic E-state index is 9.66. The van der Waals surface area contributed by atoms with Crippen molar-refractivity contribution in [3.63, 3.8) is 0 Å². The molecule has 0 aliphatic carbocycles. The number of benzene rings is 1. The normalized spacial score (nSPS) is 16.6. The van der Waals surface area contributed by atoms with Gasteiger partial charge in [-0.2, -0.15) is 0 Å². The summed E-state index contributed by atoms with van der Waals surface area (Å²) in [5, 5.41) is 19.0. The van der Waals surface area contributed by atoms with Gasteiger partial charge in [-0.3, -0.25) is 0 Å². The van der Waals surface area contributed by atoms with Crippen LogP contribution < -0.4 is 4.90 Å². The fourth-order valence-electron chi connectivity index (χ4n) is 2.58. The van der Waals surface area contributed by atoms with Crippen molar-refractivity contribution in [3.8, 4) is 11.5 Å². The Labute approximate surface area is 119 Å². The van der Waals surface area contributed by atoms with Crippen LogP contribution in [0.1, 0.15) is 32.1 Å². The standard InChI is InChI=1S/C15H23NO2S/c17-13-6-7-14(18)15(12-13)19-11-5-4-10-16-8-2-1-3-9-16/h6-7,12,17-18H,1-5,8-11H2/p+1. The first-order valence-corrected chi connectivity index (χ1v) is 8.22. The van der Waals surface area contributed by atoms with E-state index in [9.17, 15) is 10.2 Å². The molecule has 0 bridgehead atoms. The Morgan fingerprint density at radius 2 is 1.84 bits per heavy atom. The van der Waals surface area contributed by atoms with E-state index in [0.29, 0.717) is 0 Å². The topological polar surface area (TPSA) is 44.9 Å². The molecular weight excluding hydrogens is 258 g/mol. The summed E-state index contributed by atoms with van der Waals surface area (Å²) in [6, 6.07) is 4.70. The van der Waals surface area contributed by atoms with Crippen molar-refractivity contribution in [2.75, 3.05) is 25.4 Å². The van der Waals surface area contributed by atoms with Gasteiger partial charge in [0.2, 0.25) is 0 Å². The van der Waals surface area contributed by atoms with Crippen molar-refractivity contribution in [1.29, 1.82) is 0 Å². The Bertz CT molecular complexity index is 392. The summed E-state index contributed by atoms with van der Waals surface area (Å²) in [5.41, 5.74) is 0. The van der Waals surface area contributed by atoms with Gasteiger partial charge in [-0.15, -0.1) is 11.8 Å². The Balaban J connectivity index is 1.62. The van der Waals surface area contributed by atoms with Crippen LogP contribution in [-0.4, -0.2) is 35.6 Å². The van der Waals surface area contributed by atoms with E-state index >= 15 is 0 Å². The zero-order valence-corrected chi connectivity index (χ0v) is 12.2. The summed E-state index contributed by atoms with van der Waals surface area (Å²) in [7, 11) is 0. The molecule has 2 rings (SSSR count). The summed E-state index contributed by atoms with van der Waals surface area (Å²) in [5.74, 6) is 1.49. The molecule has 0 aromatic heterocycles. The molecule has 3 nitrogen and oxygen atoms in total. The molecule has 0 spiro atoms. The van der Waals surface area contributed by atoms with Gasteiger partial charge >= 0.3 is 0 Å². The quantitative estimate of drug-likeness (QED) is 0.425. The summed E-state index contributed by atoms with van der Waals surface area (Å²) in [4.78, 5) is 2.54. The molecule has 1 aliphatic rings. The zero-order chi connectivity index (χ0) is 13.5. The molecule has 4 heteroatoms. The number of phenolic OH excluding ortho intramolecular Hbond substituents is 2. The van der Waals surface area contributed by atoms with Crippen LogP contribution in [-0.2, 0) is 0 Å². The highest BCUT2D eigenvalue weighted by Crippen LogP contribution is 2.31. The average Bonchev–Trinajstić information content (AvgIpc) is 2.43. The number of piperidine rings is 1. The van der Waals surface area contributed by atoms with E-state index in [1.165, 1.54) is 57.8 Å². The van der Waals surface area contributed by atoms with Crippen LogP contribution in [0.3, 0.4) is 0 Å². The summed E-state index contributed by atoms with van der Waals surface area (Å²) < 4.78 is 0. The van der Waals surface area contributed by atoms with E-state index in [2.05, 4.69) is 0 Å². The highest BCUT2D eigenvalue weighted by molar-refractivity contribution is 7.99. The summed E-state index contributed by atoms with van der Waals surface area (Å²) in [6.45, 7) is 3.98. The van der Waals surface area contributed by atoms with Gasteiger partial charge in [-0.1, -0.05) is 0 Å². The van der Waals surface area contributed by atoms with Crippen molar-refractivity contribution in [3.05, 3.63) is 18.2 Å². The maximum Gasteiger partial charge on any atom is 0.129 e. The fraction of sp³-hybridized carbons (Fsp3) is 0.600. The molecule has 0 radical (unpaired) electrons. The Morgan fingerprint density at radius 1 is 1.05 bits per heavy atom. The van der Waals surface area contributed by atoms with Gasteiger partial charge in [0.05, 0.1) is 24.5 Å². The van der Waals surface area contributed by atoms with E-state index in [1.54, 1.807) is 28.8 Å². The molecule has 0 saturated carbocycles. The molecule has 3 N–H and O–H groups in total. The number of rotatable bonds is 6. The van der Waals surface area contributed by atoms with E-state index in [-0.39, 0.29) is 11.5 Å². The lowest BCUT2D eigenvalue weighted by atomic mass is 10.1. The number of phenols is 2. The number of likely N-dealkylation sites (tertiary alicyclic amines) is 1. The van der Waals surface area contributed by atoms with Crippen molar-refractivity contribution < 1.29 is 15.1 Å². The lowest BCUT2D eigenvalue weighted by molar-refractivity contribution is -0.905. The summed E-state index contributed by atoms with van der Waals surface area (Å²) in [6.07, 6.45) is 6.61. The van der Waals surface area contributed by atoms with Gasteiger partial charge in [-0.05, 0) is 56.1 Å². The molecule has 1 fully saturated rings. The van der Waals surface area contributed by atoms with E-state index in [1.807, 2.05) is 0 Å². The van der Waals surface area contributed by atoms with Crippen molar-refractivity contribution in [1.82, 2.24) is 0 Å². The third-order valence-electron chi connectivity index (χ3n) is 3.69. The molecule has 1 aromatic carbocycles. The number of thioether (sulfide) groups is 1. The predicted molar refractivity (Wildman–Crippen MR) is 79.1 cm³/mol. The minimum absolute atomic E-state index is 0.220. The molecular formula is C15H24NO2S+. The lowest BCUT2D eigenvalue weighted by Gasteiger charge is -2.23. The van der Waals surface area contributed by atoms with Crippen molar-refractivity contribution >= 4 is 11.8 Å². The van der Waals surface area contributed by atoms with Crippen LogP contribution in [0.4, 0.5) is 0 Å². The van der Waals surface area contributed by atoms with Crippen LogP contribution >= 0.6 is 11.8 Å². The predicted octanol–water partition coefficient (Wildman–Crippen LogP) is 2.04. The molecule has 0 amide bonds. The zero-order valence-electron chi connectivity index (χ0n) is 11.4. The lowest BCUT2D eigenvalue weighted by Crippen LogP contribution is -3.12. The van der Waals surface area contributed by atoms with Gasteiger partial charge < -0.3 is 15.1 Å². The first kappa shape index (κ1) is 14.5. The van der Waals surface area contributed by atoms with Crippen LogP contribution in [0, 0.1) is 0 Å². The maximum absolute atomic E-state index is 9.66. The minimum Gasteiger partial charge on any atom is -0.508 e. The molecule has 1 aliphatic heterocycles. The number of quaternary nitrogens is 1. The van der Waals surface area contributed by atoms with Crippen LogP contribution in [0.5, 0.6) is 11.5 Å². The number of hydrogen-bond acceptors (Lipinski definition) is 3. The smallest absolute Gasteiger partial charge is 0.129 e. The van der Waals surface area contributed by atoms with E-state index in [0.717, 1.165) is 10.6 Å². The van der Waals surface area contributed by atoms with Gasteiger partial charge in [0.25, 0.3) is 0 Å². The highest BCUT2D eigenvalue weighted by Gasteiger charge is 2.12.